The van der Waals surface area contributed by atoms with E-state index in [1.165, 1.54) is 11.3 Å². The quantitative estimate of drug-likeness (QED) is 0.554. The predicted molar refractivity (Wildman–Crippen MR) is 60.0 cm³/mol. The fourth-order valence-corrected chi connectivity index (χ4v) is 1.85. The number of imidazole rings is 1. The summed E-state index contributed by atoms with van der Waals surface area (Å²) in [7, 11) is 0. The molecule has 0 saturated carbocycles. The van der Waals surface area contributed by atoms with Gasteiger partial charge in [0.05, 0.1) is 11.0 Å². The molecule has 0 aliphatic heterocycles. The van der Waals surface area contributed by atoms with E-state index in [4.69, 9.17) is 0 Å². The topological polar surface area (TPSA) is 30.2 Å². The van der Waals surface area contributed by atoms with Gasteiger partial charge in [-0.05, 0) is 31.5 Å². The fraction of sp³-hybridized carbons (Fsp3) is 0.167. The highest BCUT2D eigenvalue weighted by Gasteiger charge is 2.07. The Labute approximate surface area is 87.4 Å². The minimum Gasteiger partial charge on any atom is -0.281 e. The molecule has 0 radical (unpaired) electrons. The van der Waals surface area contributed by atoms with Gasteiger partial charge < -0.3 is 0 Å². The van der Waals surface area contributed by atoms with Gasteiger partial charge in [0.1, 0.15) is 0 Å². The summed E-state index contributed by atoms with van der Waals surface area (Å²) in [5, 5.41) is 0. The van der Waals surface area contributed by atoms with Gasteiger partial charge in [-0.3, -0.25) is 4.40 Å². The number of benzene rings is 1. The third-order valence-electron chi connectivity index (χ3n) is 2.82. The highest BCUT2D eigenvalue weighted by atomic mass is 15.1. The van der Waals surface area contributed by atoms with E-state index >= 15 is 0 Å². The maximum Gasteiger partial charge on any atom is 0.235 e. The lowest BCUT2D eigenvalue weighted by Gasteiger charge is -2.03. The van der Waals surface area contributed by atoms with Crippen molar-refractivity contribution in [2.24, 2.45) is 0 Å². The third kappa shape index (κ3) is 1.06. The van der Waals surface area contributed by atoms with Crippen molar-refractivity contribution in [2.45, 2.75) is 13.8 Å². The van der Waals surface area contributed by atoms with Crippen molar-refractivity contribution in [1.29, 1.82) is 0 Å². The summed E-state index contributed by atoms with van der Waals surface area (Å²) in [4.78, 5) is 8.80. The number of hydrogen-bond acceptors (Lipinski definition) is 2. The zero-order chi connectivity index (χ0) is 10.4. The molecule has 0 bridgehead atoms. The molecule has 0 fully saturated rings. The summed E-state index contributed by atoms with van der Waals surface area (Å²) < 4.78 is 2.10. The lowest BCUT2D eigenvalue weighted by Crippen LogP contribution is -1.96. The molecule has 2 aromatic heterocycles. The summed E-state index contributed by atoms with van der Waals surface area (Å²) >= 11 is 0. The first kappa shape index (κ1) is 8.41. The fourth-order valence-electron chi connectivity index (χ4n) is 1.85. The first-order valence-corrected chi connectivity index (χ1v) is 4.97. The predicted octanol–water partition coefficient (Wildman–Crippen LogP) is 2.50. The van der Waals surface area contributed by atoms with Crippen LogP contribution < -0.4 is 0 Å². The SMILES string of the molecule is Cc1cnc2nc3ccccc3n2c1C. The molecule has 2 heterocycles. The zero-order valence-electron chi connectivity index (χ0n) is 8.73. The smallest absolute Gasteiger partial charge is 0.235 e. The van der Waals surface area contributed by atoms with Crippen LogP contribution in [0.5, 0.6) is 0 Å². The molecule has 1 aromatic carbocycles. The molecule has 0 spiro atoms. The Hall–Kier alpha value is -1.90. The summed E-state index contributed by atoms with van der Waals surface area (Å²) in [5.74, 6) is 0.777. The molecule has 3 rings (SSSR count). The molecule has 3 aromatic rings. The van der Waals surface area contributed by atoms with Crippen LogP contribution in [0.15, 0.2) is 30.5 Å². The molecule has 0 amide bonds. The molecule has 15 heavy (non-hydrogen) atoms. The number of rotatable bonds is 0. The molecule has 0 aliphatic carbocycles. The van der Waals surface area contributed by atoms with Gasteiger partial charge in [-0.1, -0.05) is 12.1 Å². The van der Waals surface area contributed by atoms with Gasteiger partial charge in [-0.2, -0.15) is 0 Å². The van der Waals surface area contributed by atoms with Crippen LogP contribution in [0.1, 0.15) is 11.3 Å². The molecule has 0 aliphatic rings. The Kier molecular flexibility index (Phi) is 1.57. The van der Waals surface area contributed by atoms with Crippen LogP contribution >= 0.6 is 0 Å². The van der Waals surface area contributed by atoms with Crippen molar-refractivity contribution >= 4 is 16.8 Å². The average Bonchev–Trinajstić information content (AvgIpc) is 2.62. The number of aromatic nitrogens is 3. The number of hydrogen-bond donors (Lipinski definition) is 0. The molecule has 0 unspecified atom stereocenters. The molecule has 74 valence electrons. The minimum atomic E-state index is 0.777. The summed E-state index contributed by atoms with van der Waals surface area (Å²) in [6, 6.07) is 8.11. The summed E-state index contributed by atoms with van der Waals surface area (Å²) in [5.41, 5.74) is 4.51. The molecular formula is C12H11N3. The van der Waals surface area contributed by atoms with E-state index < -0.39 is 0 Å². The molecule has 3 nitrogen and oxygen atoms in total. The Bertz CT molecular complexity index is 652. The maximum atomic E-state index is 4.47. The van der Waals surface area contributed by atoms with E-state index in [9.17, 15) is 0 Å². The largest absolute Gasteiger partial charge is 0.281 e. The van der Waals surface area contributed by atoms with Gasteiger partial charge in [0.25, 0.3) is 0 Å². The van der Waals surface area contributed by atoms with Crippen LogP contribution in [0.2, 0.25) is 0 Å². The highest BCUT2D eigenvalue weighted by molar-refractivity contribution is 5.79. The van der Waals surface area contributed by atoms with Gasteiger partial charge in [0.2, 0.25) is 5.78 Å². The average molecular weight is 197 g/mol. The standard InChI is InChI=1S/C12H11N3/c1-8-7-13-12-14-10-5-3-4-6-11(10)15(12)9(8)2/h3-7H,1-2H3. The first-order valence-electron chi connectivity index (χ1n) is 4.97. The molecular weight excluding hydrogens is 186 g/mol. The second-order valence-electron chi connectivity index (χ2n) is 3.76. The Balaban J connectivity index is 2.63. The van der Waals surface area contributed by atoms with E-state index in [2.05, 4.69) is 34.3 Å². The van der Waals surface area contributed by atoms with Gasteiger partial charge in [-0.25, -0.2) is 9.97 Å². The van der Waals surface area contributed by atoms with Crippen molar-refractivity contribution in [1.82, 2.24) is 14.4 Å². The zero-order valence-corrected chi connectivity index (χ0v) is 8.73. The first-order chi connectivity index (χ1) is 7.27. The maximum absolute atomic E-state index is 4.47. The van der Waals surface area contributed by atoms with E-state index in [-0.39, 0.29) is 0 Å². The minimum absolute atomic E-state index is 0.777. The normalized spacial score (nSPS) is 11.3. The van der Waals surface area contributed by atoms with Crippen LogP contribution in [-0.2, 0) is 0 Å². The molecule has 0 N–H and O–H groups in total. The van der Waals surface area contributed by atoms with Crippen LogP contribution in [0.4, 0.5) is 0 Å². The van der Waals surface area contributed by atoms with E-state index in [0.29, 0.717) is 0 Å². The lowest BCUT2D eigenvalue weighted by atomic mass is 10.2. The molecule has 0 saturated heterocycles. The molecule has 0 atom stereocenters. The van der Waals surface area contributed by atoms with Crippen LogP contribution in [-0.4, -0.2) is 14.4 Å². The van der Waals surface area contributed by atoms with Crippen LogP contribution in [0, 0.1) is 13.8 Å². The van der Waals surface area contributed by atoms with Crippen LogP contribution in [0.25, 0.3) is 16.8 Å². The van der Waals surface area contributed by atoms with Gasteiger partial charge in [0.15, 0.2) is 0 Å². The Morgan fingerprint density at radius 1 is 1.13 bits per heavy atom. The number of fused-ring (bicyclic) bond motifs is 3. The summed E-state index contributed by atoms with van der Waals surface area (Å²) in [6.45, 7) is 4.16. The van der Waals surface area contributed by atoms with Gasteiger partial charge in [0, 0.05) is 11.9 Å². The number of nitrogens with zero attached hydrogens (tertiary/aromatic N) is 3. The monoisotopic (exact) mass is 197 g/mol. The van der Waals surface area contributed by atoms with Crippen molar-refractivity contribution < 1.29 is 0 Å². The van der Waals surface area contributed by atoms with Crippen molar-refractivity contribution in [3.05, 3.63) is 41.7 Å². The van der Waals surface area contributed by atoms with Crippen molar-refractivity contribution in [3.63, 3.8) is 0 Å². The number of para-hydroxylation sites is 2. The highest BCUT2D eigenvalue weighted by Crippen LogP contribution is 2.18. The summed E-state index contributed by atoms with van der Waals surface area (Å²) in [6.07, 6.45) is 1.87. The van der Waals surface area contributed by atoms with E-state index in [1.54, 1.807) is 0 Å². The lowest BCUT2D eigenvalue weighted by molar-refractivity contribution is 1.03. The Morgan fingerprint density at radius 3 is 2.80 bits per heavy atom. The van der Waals surface area contributed by atoms with Crippen molar-refractivity contribution in [2.75, 3.05) is 0 Å². The van der Waals surface area contributed by atoms with Crippen LogP contribution in [0.3, 0.4) is 0 Å². The second kappa shape index (κ2) is 2.79. The van der Waals surface area contributed by atoms with E-state index in [1.807, 2.05) is 24.4 Å². The third-order valence-corrected chi connectivity index (χ3v) is 2.82. The van der Waals surface area contributed by atoms with E-state index in [0.717, 1.165) is 16.8 Å². The Morgan fingerprint density at radius 2 is 1.93 bits per heavy atom. The number of aryl methyl sites for hydroxylation is 2. The van der Waals surface area contributed by atoms with Crippen molar-refractivity contribution in [3.8, 4) is 0 Å². The molecule has 3 heteroatoms. The van der Waals surface area contributed by atoms with Gasteiger partial charge in [-0.15, -0.1) is 0 Å². The second-order valence-corrected chi connectivity index (χ2v) is 3.76. The van der Waals surface area contributed by atoms with Gasteiger partial charge >= 0.3 is 0 Å².